The molecule has 8 atom stereocenters. The van der Waals surface area contributed by atoms with Crippen LogP contribution in [0, 0.1) is 0 Å². The highest BCUT2D eigenvalue weighted by molar-refractivity contribution is 7.47. The minimum atomic E-state index is -5.14. The Labute approximate surface area is 370 Å². The molecule has 1 saturated heterocycles. The summed E-state index contributed by atoms with van der Waals surface area (Å²) < 4.78 is 39.1. The molecular formula is C47H79O14P. The second-order valence-corrected chi connectivity index (χ2v) is 17.7. The predicted octanol–water partition coefficient (Wildman–Crippen LogP) is 7.93. The van der Waals surface area contributed by atoms with Crippen molar-refractivity contribution in [1.29, 1.82) is 0 Å². The molecule has 0 aromatic carbocycles. The molecule has 0 bridgehead atoms. The van der Waals surface area contributed by atoms with E-state index in [1.807, 2.05) is 18.2 Å². The highest BCUT2D eigenvalue weighted by Crippen LogP contribution is 2.47. The highest BCUT2D eigenvalue weighted by Gasteiger charge is 2.51. The van der Waals surface area contributed by atoms with Gasteiger partial charge in [0.1, 0.15) is 43.2 Å². The van der Waals surface area contributed by atoms with Crippen molar-refractivity contribution >= 4 is 19.8 Å². The molecule has 0 amide bonds. The van der Waals surface area contributed by atoms with Gasteiger partial charge in [0.25, 0.3) is 0 Å². The summed E-state index contributed by atoms with van der Waals surface area (Å²) in [5, 5.41) is 50.1. The van der Waals surface area contributed by atoms with E-state index in [4.69, 9.17) is 23.3 Å². The molecule has 0 spiro atoms. The van der Waals surface area contributed by atoms with E-state index in [-0.39, 0.29) is 12.8 Å². The van der Waals surface area contributed by atoms with Gasteiger partial charge >= 0.3 is 19.8 Å². The van der Waals surface area contributed by atoms with Crippen LogP contribution in [-0.2, 0) is 37.4 Å². The topological polar surface area (TPSA) is 222 Å². The maximum absolute atomic E-state index is 12.8. The number of phosphoric ester groups is 1. The van der Waals surface area contributed by atoms with Crippen LogP contribution in [0.4, 0.5) is 0 Å². The smallest absolute Gasteiger partial charge is 0.462 e. The number of aliphatic hydroxyl groups is 5. The minimum Gasteiger partial charge on any atom is -0.462 e. The lowest BCUT2D eigenvalue weighted by atomic mass is 9.85. The molecule has 0 aromatic rings. The van der Waals surface area contributed by atoms with E-state index in [2.05, 4.69) is 56.4 Å². The Hall–Kier alpha value is -2.49. The second kappa shape index (κ2) is 33.9. The number of carbonyl (C=O) groups is 2. The van der Waals surface area contributed by atoms with Gasteiger partial charge in [-0.05, 0) is 51.4 Å². The van der Waals surface area contributed by atoms with Gasteiger partial charge in [0.2, 0.25) is 0 Å². The molecule has 1 aliphatic heterocycles. The predicted molar refractivity (Wildman–Crippen MR) is 239 cm³/mol. The number of allylic oxidation sites excluding steroid dienone is 8. The van der Waals surface area contributed by atoms with Gasteiger partial charge in [0.05, 0.1) is 18.8 Å². The van der Waals surface area contributed by atoms with Crippen molar-refractivity contribution in [3.63, 3.8) is 0 Å². The van der Waals surface area contributed by atoms with Crippen molar-refractivity contribution in [1.82, 2.24) is 0 Å². The fraction of sp³-hybridized carbons (Fsp3) is 0.745. The average molecular weight is 899 g/mol. The van der Waals surface area contributed by atoms with Gasteiger partial charge in [-0.15, -0.1) is 0 Å². The van der Waals surface area contributed by atoms with Gasteiger partial charge in [-0.2, -0.15) is 0 Å². The van der Waals surface area contributed by atoms with Crippen LogP contribution in [-0.4, -0.2) is 111 Å². The molecule has 6 N–H and O–H groups in total. The number of carbonyl (C=O) groups excluding carboxylic acids is 2. The molecule has 14 nitrogen and oxygen atoms in total. The monoisotopic (exact) mass is 899 g/mol. The first-order valence-corrected chi connectivity index (χ1v) is 24.7. The second-order valence-electron chi connectivity index (χ2n) is 16.3. The van der Waals surface area contributed by atoms with Crippen molar-refractivity contribution in [3.05, 3.63) is 60.8 Å². The van der Waals surface area contributed by atoms with Gasteiger partial charge < -0.3 is 44.6 Å². The number of hydrogen-bond acceptors (Lipinski definition) is 13. The number of ether oxygens (including phenoxy) is 3. The largest absolute Gasteiger partial charge is 0.472 e. The zero-order valence-electron chi connectivity index (χ0n) is 37.3. The Bertz CT molecular complexity index is 1380. The van der Waals surface area contributed by atoms with Crippen molar-refractivity contribution in [2.45, 2.75) is 210 Å². The number of rotatable bonds is 36. The Kier molecular flexibility index (Phi) is 30.5. The average Bonchev–Trinajstić information content (AvgIpc) is 4.01. The van der Waals surface area contributed by atoms with Gasteiger partial charge in [-0.25, -0.2) is 4.57 Å². The van der Waals surface area contributed by atoms with Crippen LogP contribution >= 0.6 is 7.82 Å². The normalized spacial score (nSPS) is 25.7. The number of epoxide rings is 1. The summed E-state index contributed by atoms with van der Waals surface area (Å²) in [6.45, 7) is 3.11. The van der Waals surface area contributed by atoms with Gasteiger partial charge in [0, 0.05) is 12.8 Å². The van der Waals surface area contributed by atoms with Crippen molar-refractivity contribution in [2.24, 2.45) is 0 Å². The molecule has 62 heavy (non-hydrogen) atoms. The lowest BCUT2D eigenvalue weighted by Gasteiger charge is -2.41. The number of esters is 2. The standard InChI is InChI=1S/C47H79O14P/c1-3-5-7-8-9-10-11-12-16-19-22-25-29-33-40(48)57-35-37(36-58-62(55,56)61-47-45(53)43(51)42(50)44(52)46(47)54)59-41(49)34-30-26-23-20-17-14-13-15-18-21-24-28-32-39-38(60-39)31-27-6-4-2/h6,14-15,17-18,23-24,26-28,37-39,42-47,50-54H,3-5,7-13,16,19-22,25,29-36H2,1-2H3,(H,55,56)/b17-14-,18-15-,26-23-,27-6-,28-24-. The molecule has 1 saturated carbocycles. The first kappa shape index (κ1) is 55.6. The number of hydrogen-bond donors (Lipinski definition) is 6. The summed E-state index contributed by atoms with van der Waals surface area (Å²) in [6, 6.07) is 0. The first-order valence-electron chi connectivity index (χ1n) is 23.2. The zero-order chi connectivity index (χ0) is 45.4. The Morgan fingerprint density at radius 1 is 0.581 bits per heavy atom. The summed E-state index contributed by atoms with van der Waals surface area (Å²) in [4.78, 5) is 35.7. The van der Waals surface area contributed by atoms with Crippen molar-refractivity contribution < 1.29 is 67.8 Å². The molecule has 0 aromatic heterocycles. The third-order valence-electron chi connectivity index (χ3n) is 10.8. The zero-order valence-corrected chi connectivity index (χ0v) is 38.2. The third kappa shape index (κ3) is 25.7. The van der Waals surface area contributed by atoms with Gasteiger partial charge in [0.15, 0.2) is 6.10 Å². The van der Waals surface area contributed by atoms with Crippen LogP contribution in [0.5, 0.6) is 0 Å². The summed E-state index contributed by atoms with van der Waals surface area (Å²) in [5.74, 6) is -1.20. The quantitative estimate of drug-likeness (QED) is 0.0116. The SMILES string of the molecule is CC/C=C\CC1OC1C/C=C\C/C=C\C/C=C\C/C=C\CCC(=O)OC(COC(=O)CCCCCCCCCCCCCCC)COP(=O)(O)OC1C(O)C(O)C(O)C(O)C1O. The molecule has 15 heteroatoms. The molecule has 0 radical (unpaired) electrons. The lowest BCUT2D eigenvalue weighted by molar-refractivity contribution is -0.220. The Morgan fingerprint density at radius 3 is 1.58 bits per heavy atom. The molecule has 356 valence electrons. The van der Waals surface area contributed by atoms with Gasteiger partial charge in [-0.3, -0.25) is 18.6 Å². The van der Waals surface area contributed by atoms with E-state index in [1.54, 1.807) is 0 Å². The van der Waals surface area contributed by atoms with E-state index in [0.717, 1.165) is 51.4 Å². The molecular weight excluding hydrogens is 819 g/mol. The summed E-state index contributed by atoms with van der Waals surface area (Å²) in [5.41, 5.74) is 0. The van der Waals surface area contributed by atoms with Crippen LogP contribution in [0.1, 0.15) is 155 Å². The van der Waals surface area contributed by atoms with E-state index < -0.39 is 75.7 Å². The molecule has 2 aliphatic rings. The van der Waals surface area contributed by atoms with E-state index in [0.29, 0.717) is 31.5 Å². The first-order chi connectivity index (χ1) is 29.9. The number of unbranched alkanes of at least 4 members (excludes halogenated alkanes) is 12. The molecule has 8 unspecified atom stereocenters. The number of phosphoric acid groups is 1. The maximum atomic E-state index is 12.8. The summed E-state index contributed by atoms with van der Waals surface area (Å²) in [6.07, 6.45) is 29.0. The molecule has 1 aliphatic carbocycles. The molecule has 2 rings (SSSR count). The highest BCUT2D eigenvalue weighted by atomic mass is 31.2. The van der Waals surface area contributed by atoms with Crippen molar-refractivity contribution in [3.8, 4) is 0 Å². The third-order valence-corrected chi connectivity index (χ3v) is 11.8. The fourth-order valence-corrected chi connectivity index (χ4v) is 7.91. The van der Waals surface area contributed by atoms with E-state index in [9.17, 15) is 44.6 Å². The van der Waals surface area contributed by atoms with Crippen molar-refractivity contribution in [2.75, 3.05) is 13.2 Å². The Morgan fingerprint density at radius 2 is 1.05 bits per heavy atom. The van der Waals surface area contributed by atoms with Crippen LogP contribution < -0.4 is 0 Å². The number of aliphatic hydroxyl groups excluding tert-OH is 5. The van der Waals surface area contributed by atoms with Gasteiger partial charge in [-0.1, -0.05) is 152 Å². The van der Waals surface area contributed by atoms with E-state index >= 15 is 0 Å². The molecule has 2 fully saturated rings. The molecule has 1 heterocycles. The van der Waals surface area contributed by atoms with E-state index in [1.165, 1.54) is 57.8 Å². The maximum Gasteiger partial charge on any atom is 0.472 e. The van der Waals surface area contributed by atoms with Crippen LogP contribution in [0.2, 0.25) is 0 Å². The van der Waals surface area contributed by atoms with Crippen LogP contribution in [0.15, 0.2) is 60.8 Å². The summed E-state index contributed by atoms with van der Waals surface area (Å²) in [7, 11) is -5.14. The van der Waals surface area contributed by atoms with Crippen LogP contribution in [0.25, 0.3) is 0 Å². The lowest BCUT2D eigenvalue weighted by Crippen LogP contribution is -2.64. The minimum absolute atomic E-state index is 0.0326. The fourth-order valence-electron chi connectivity index (χ4n) is 6.94. The Balaban J connectivity index is 1.73. The summed E-state index contributed by atoms with van der Waals surface area (Å²) >= 11 is 0. The van der Waals surface area contributed by atoms with Crippen LogP contribution in [0.3, 0.4) is 0 Å².